The van der Waals surface area contributed by atoms with Crippen LogP contribution < -0.4 is 4.90 Å². The van der Waals surface area contributed by atoms with Crippen molar-refractivity contribution in [2.75, 3.05) is 19.0 Å². The van der Waals surface area contributed by atoms with Gasteiger partial charge in [-0.1, -0.05) is 0 Å². The van der Waals surface area contributed by atoms with E-state index in [0.717, 1.165) is 12.4 Å². The van der Waals surface area contributed by atoms with Gasteiger partial charge in [0.05, 0.1) is 5.52 Å². The Morgan fingerprint density at radius 3 is 2.47 bits per heavy atom. The second-order valence-corrected chi connectivity index (χ2v) is 4.38. The second-order valence-electron chi connectivity index (χ2n) is 4.38. The van der Waals surface area contributed by atoms with Crippen molar-refractivity contribution in [1.82, 2.24) is 9.55 Å². The van der Waals surface area contributed by atoms with Gasteiger partial charge in [-0.05, 0) is 32.4 Å². The minimum absolute atomic E-state index is 0. The first-order valence-electron chi connectivity index (χ1n) is 5.69. The predicted molar refractivity (Wildman–Crippen MR) is 76.5 cm³/mol. The van der Waals surface area contributed by atoms with Gasteiger partial charge in [-0.2, -0.15) is 0 Å². The molecule has 0 fully saturated rings. The van der Waals surface area contributed by atoms with Crippen molar-refractivity contribution in [2.24, 2.45) is 0 Å². The highest BCUT2D eigenvalue weighted by atomic mass is 35.5. The van der Waals surface area contributed by atoms with Crippen molar-refractivity contribution in [2.45, 2.75) is 27.3 Å². The lowest BCUT2D eigenvalue weighted by Gasteiger charge is -2.14. The molecular formula is C13H20ClN3. The maximum atomic E-state index is 4.47. The lowest BCUT2D eigenvalue weighted by atomic mass is 10.2. The quantitative estimate of drug-likeness (QED) is 0.820. The van der Waals surface area contributed by atoms with Crippen LogP contribution in [-0.4, -0.2) is 23.6 Å². The average molecular weight is 254 g/mol. The second kappa shape index (κ2) is 4.96. The summed E-state index contributed by atoms with van der Waals surface area (Å²) >= 11 is 0. The van der Waals surface area contributed by atoms with E-state index in [0.29, 0.717) is 0 Å². The summed E-state index contributed by atoms with van der Waals surface area (Å²) in [6, 6.07) is 2.11. The number of pyridine rings is 1. The summed E-state index contributed by atoms with van der Waals surface area (Å²) in [5.41, 5.74) is 3.96. The number of nitrogens with zero attached hydrogens (tertiary/aromatic N) is 3. The highest BCUT2D eigenvalue weighted by Crippen LogP contribution is 2.30. The lowest BCUT2D eigenvalue weighted by Crippen LogP contribution is -2.12. The third kappa shape index (κ3) is 2.00. The number of anilines is 1. The fourth-order valence-electron chi connectivity index (χ4n) is 2.30. The summed E-state index contributed by atoms with van der Waals surface area (Å²) in [5, 5.41) is 1.32. The van der Waals surface area contributed by atoms with Crippen LogP contribution in [0, 0.1) is 13.8 Å². The van der Waals surface area contributed by atoms with Crippen LogP contribution in [0.1, 0.15) is 18.2 Å². The summed E-state index contributed by atoms with van der Waals surface area (Å²) in [4.78, 5) is 6.55. The van der Waals surface area contributed by atoms with E-state index in [9.17, 15) is 0 Å². The SMILES string of the molecule is CCn1c(C)c(C)c2ccnc(N(C)C)c21.Cl. The van der Waals surface area contributed by atoms with Crippen LogP contribution in [0.25, 0.3) is 10.9 Å². The Labute approximate surface area is 109 Å². The number of fused-ring (bicyclic) bond motifs is 1. The van der Waals surface area contributed by atoms with E-state index in [1.54, 1.807) is 0 Å². The molecule has 17 heavy (non-hydrogen) atoms. The first-order valence-corrected chi connectivity index (χ1v) is 5.69. The van der Waals surface area contributed by atoms with Crippen molar-refractivity contribution < 1.29 is 0 Å². The minimum atomic E-state index is 0. The fraction of sp³-hybridized carbons (Fsp3) is 0.462. The van der Waals surface area contributed by atoms with Crippen LogP contribution >= 0.6 is 12.4 Å². The van der Waals surface area contributed by atoms with E-state index in [1.165, 1.54) is 22.2 Å². The van der Waals surface area contributed by atoms with Crippen molar-refractivity contribution in [3.05, 3.63) is 23.5 Å². The molecule has 94 valence electrons. The van der Waals surface area contributed by atoms with Gasteiger partial charge in [0.1, 0.15) is 0 Å². The average Bonchev–Trinajstić information content (AvgIpc) is 2.51. The zero-order chi connectivity index (χ0) is 11.9. The Morgan fingerprint density at radius 1 is 1.29 bits per heavy atom. The molecule has 4 heteroatoms. The van der Waals surface area contributed by atoms with Gasteiger partial charge in [0, 0.05) is 37.9 Å². The molecule has 2 aromatic heterocycles. The first kappa shape index (κ1) is 13.8. The maximum absolute atomic E-state index is 4.47. The molecule has 0 aliphatic heterocycles. The van der Waals surface area contributed by atoms with Crippen LogP contribution in [0.4, 0.5) is 5.82 Å². The van der Waals surface area contributed by atoms with E-state index in [2.05, 4.69) is 41.3 Å². The molecular weight excluding hydrogens is 234 g/mol. The van der Waals surface area contributed by atoms with Gasteiger partial charge < -0.3 is 9.47 Å². The monoisotopic (exact) mass is 253 g/mol. The smallest absolute Gasteiger partial charge is 0.152 e. The normalized spacial score (nSPS) is 10.4. The standard InChI is InChI=1S/C13H19N3.ClH/c1-6-16-10(3)9(2)11-7-8-14-13(12(11)16)15(4)5;/h7-8H,6H2,1-5H3;1H. The number of hydrogen-bond donors (Lipinski definition) is 0. The number of aromatic nitrogens is 2. The van der Waals surface area contributed by atoms with Crippen molar-refractivity contribution in [3.63, 3.8) is 0 Å². The van der Waals surface area contributed by atoms with E-state index >= 15 is 0 Å². The zero-order valence-electron chi connectivity index (χ0n) is 11.1. The van der Waals surface area contributed by atoms with Gasteiger partial charge >= 0.3 is 0 Å². The van der Waals surface area contributed by atoms with E-state index in [-0.39, 0.29) is 12.4 Å². The van der Waals surface area contributed by atoms with E-state index in [4.69, 9.17) is 0 Å². The maximum Gasteiger partial charge on any atom is 0.152 e. The molecule has 2 aromatic rings. The molecule has 0 unspecified atom stereocenters. The van der Waals surface area contributed by atoms with Gasteiger partial charge in [-0.25, -0.2) is 4.98 Å². The van der Waals surface area contributed by atoms with E-state index in [1.807, 2.05) is 20.3 Å². The molecule has 0 amide bonds. The zero-order valence-corrected chi connectivity index (χ0v) is 11.9. The van der Waals surface area contributed by atoms with Crippen molar-refractivity contribution in [1.29, 1.82) is 0 Å². The Balaban J connectivity index is 0.00000144. The number of aryl methyl sites for hydroxylation is 2. The highest BCUT2D eigenvalue weighted by Gasteiger charge is 2.14. The van der Waals surface area contributed by atoms with Gasteiger partial charge in [-0.3, -0.25) is 0 Å². The Bertz CT molecular complexity index is 529. The molecule has 0 aromatic carbocycles. The molecule has 2 rings (SSSR count). The van der Waals surface area contributed by atoms with E-state index < -0.39 is 0 Å². The number of hydrogen-bond acceptors (Lipinski definition) is 2. The molecule has 0 aliphatic rings. The Kier molecular flexibility index (Phi) is 4.04. The molecule has 0 radical (unpaired) electrons. The van der Waals surface area contributed by atoms with Crippen LogP contribution in [0.3, 0.4) is 0 Å². The summed E-state index contributed by atoms with van der Waals surface area (Å²) in [6.07, 6.45) is 1.89. The first-order chi connectivity index (χ1) is 7.57. The third-order valence-electron chi connectivity index (χ3n) is 3.27. The topological polar surface area (TPSA) is 21.1 Å². The Hall–Kier alpha value is -1.22. The minimum Gasteiger partial charge on any atom is -0.361 e. The molecule has 0 spiro atoms. The molecule has 0 bridgehead atoms. The summed E-state index contributed by atoms with van der Waals surface area (Å²) in [5.74, 6) is 1.05. The largest absolute Gasteiger partial charge is 0.361 e. The molecule has 0 saturated carbocycles. The fourth-order valence-corrected chi connectivity index (χ4v) is 2.30. The number of rotatable bonds is 2. The molecule has 3 nitrogen and oxygen atoms in total. The van der Waals surface area contributed by atoms with Gasteiger partial charge in [0.15, 0.2) is 5.82 Å². The van der Waals surface area contributed by atoms with Crippen LogP contribution in [0.2, 0.25) is 0 Å². The van der Waals surface area contributed by atoms with Gasteiger partial charge in [-0.15, -0.1) is 12.4 Å². The van der Waals surface area contributed by atoms with Crippen molar-refractivity contribution >= 4 is 29.1 Å². The molecule has 0 saturated heterocycles. The van der Waals surface area contributed by atoms with Gasteiger partial charge in [0.25, 0.3) is 0 Å². The van der Waals surface area contributed by atoms with Crippen LogP contribution in [-0.2, 0) is 6.54 Å². The Morgan fingerprint density at radius 2 is 1.94 bits per heavy atom. The lowest BCUT2D eigenvalue weighted by molar-refractivity contribution is 0.764. The van der Waals surface area contributed by atoms with Gasteiger partial charge in [0.2, 0.25) is 0 Å². The molecule has 0 atom stereocenters. The van der Waals surface area contributed by atoms with Crippen LogP contribution in [0.5, 0.6) is 0 Å². The third-order valence-corrected chi connectivity index (χ3v) is 3.27. The highest BCUT2D eigenvalue weighted by molar-refractivity contribution is 5.93. The summed E-state index contributed by atoms with van der Waals surface area (Å²) in [7, 11) is 4.08. The van der Waals surface area contributed by atoms with Crippen molar-refractivity contribution in [3.8, 4) is 0 Å². The molecule has 2 heterocycles. The summed E-state index contributed by atoms with van der Waals surface area (Å²) in [6.45, 7) is 7.53. The van der Waals surface area contributed by atoms with Crippen LogP contribution in [0.15, 0.2) is 12.3 Å². The number of halogens is 1. The summed E-state index contributed by atoms with van der Waals surface area (Å²) < 4.78 is 2.34. The molecule has 0 N–H and O–H groups in total. The predicted octanol–water partition coefficient (Wildman–Crippen LogP) is 3.16. The molecule has 0 aliphatic carbocycles.